The average Bonchev–Trinajstić information content (AvgIpc) is 3.37. The number of thioether (sulfide) groups is 1. The van der Waals surface area contributed by atoms with Gasteiger partial charge < -0.3 is 30.5 Å². The molecule has 18 heteroatoms. The van der Waals surface area contributed by atoms with E-state index in [0.29, 0.717) is 11.1 Å². The minimum absolute atomic E-state index is 0. The van der Waals surface area contributed by atoms with Crippen molar-refractivity contribution >= 4 is 63.4 Å². The summed E-state index contributed by atoms with van der Waals surface area (Å²) in [7, 11) is 0. The first kappa shape index (κ1) is 31.8. The number of thiazole rings is 1. The number of nitrogens with one attached hydrogen (secondary N) is 1. The molecule has 0 aliphatic carbocycles. The fraction of sp³-hybridized carbons (Fsp3) is 0.217. The van der Waals surface area contributed by atoms with Crippen LogP contribution in [0.15, 0.2) is 58.7 Å². The van der Waals surface area contributed by atoms with Crippen molar-refractivity contribution in [2.45, 2.75) is 18.0 Å². The van der Waals surface area contributed by atoms with Crippen molar-refractivity contribution in [1.82, 2.24) is 15.2 Å². The smallest absolute Gasteiger partial charge is 0.543 e. The van der Waals surface area contributed by atoms with Crippen molar-refractivity contribution < 1.29 is 68.3 Å². The number of nitro groups is 1. The Morgan fingerprint density at radius 3 is 2.61 bits per heavy atom. The number of non-ortho nitro benzene ring substituents is 1. The summed E-state index contributed by atoms with van der Waals surface area (Å²) in [5, 5.41) is 29.4. The maximum absolute atomic E-state index is 13.1. The van der Waals surface area contributed by atoms with E-state index < -0.39 is 46.7 Å². The standard InChI is InChI=1S/C23H20N6O9S2.Na/c1-2-12-9-39-21-17(20(32)28(21)18(12)22(33)34)26-19(31)16(14-10-40-23(24)25-14)27-38-8-15(30)37-7-11-3-5-13(6-4-11)29(35)36;/h2-6,10,17,21H,1,7-9H2,(H2,24,25)(H,26,31)(H,33,34);/q;+1/p-1/t17?,21-;/m1./s1. The number of anilines is 1. The van der Waals surface area contributed by atoms with Crippen LogP contribution < -0.4 is 45.7 Å². The van der Waals surface area contributed by atoms with Crippen LogP contribution in [0.2, 0.25) is 0 Å². The number of nitro benzene ring substituents is 1. The molecule has 0 radical (unpaired) electrons. The Bertz CT molecular complexity index is 1460. The number of nitrogens with zero attached hydrogens (tertiary/aromatic N) is 4. The fourth-order valence-corrected chi connectivity index (χ4v) is 5.56. The van der Waals surface area contributed by atoms with Crippen molar-refractivity contribution in [3.05, 3.63) is 74.9 Å². The number of esters is 1. The second-order valence-electron chi connectivity index (χ2n) is 8.09. The minimum atomic E-state index is -1.53. The number of carboxylic acids is 1. The first-order valence-electron chi connectivity index (χ1n) is 11.2. The van der Waals surface area contributed by atoms with Gasteiger partial charge in [0.25, 0.3) is 17.5 Å². The SMILES string of the molecule is C=CC1=C(C(=O)[O-])N2C(=O)C(NC(=O)C(=NOCC(=O)OCc3ccc([N+](=O)[O-])cc3)c3csc(N)n3)[C@H]2SC1.[Na+]. The van der Waals surface area contributed by atoms with Crippen molar-refractivity contribution in [2.24, 2.45) is 5.16 Å². The maximum atomic E-state index is 13.1. The van der Waals surface area contributed by atoms with E-state index in [2.05, 4.69) is 22.0 Å². The summed E-state index contributed by atoms with van der Waals surface area (Å²) in [6, 6.07) is 4.31. The van der Waals surface area contributed by atoms with E-state index in [1.807, 2.05) is 0 Å². The summed E-state index contributed by atoms with van der Waals surface area (Å²) >= 11 is 2.24. The summed E-state index contributed by atoms with van der Waals surface area (Å²) in [4.78, 5) is 69.7. The molecule has 0 spiro atoms. The molecule has 15 nitrogen and oxygen atoms in total. The molecule has 2 aromatic rings. The number of aromatic nitrogens is 1. The van der Waals surface area contributed by atoms with Gasteiger partial charge in [0.1, 0.15) is 23.7 Å². The molecule has 2 amide bonds. The monoisotopic (exact) mass is 610 g/mol. The van der Waals surface area contributed by atoms with E-state index in [9.17, 15) is 34.4 Å². The predicted octanol–water partition coefficient (Wildman–Crippen LogP) is -3.31. The Morgan fingerprint density at radius 1 is 1.32 bits per heavy atom. The first-order valence-corrected chi connectivity index (χ1v) is 13.2. The second kappa shape index (κ2) is 13.7. The van der Waals surface area contributed by atoms with Gasteiger partial charge in [0.2, 0.25) is 6.61 Å². The summed E-state index contributed by atoms with van der Waals surface area (Å²) < 4.78 is 5.04. The van der Waals surface area contributed by atoms with Crippen LogP contribution in [0.4, 0.5) is 10.8 Å². The van der Waals surface area contributed by atoms with Gasteiger partial charge in [-0.2, -0.15) is 0 Å². The van der Waals surface area contributed by atoms with Gasteiger partial charge in [-0.15, -0.1) is 23.1 Å². The molecular weight excluding hydrogens is 591 g/mol. The Balaban J connectivity index is 0.00000462. The van der Waals surface area contributed by atoms with Crippen molar-refractivity contribution in [3.63, 3.8) is 0 Å². The van der Waals surface area contributed by atoms with Crippen LogP contribution in [0.5, 0.6) is 0 Å². The Kier molecular flexibility index (Phi) is 10.6. The number of rotatable bonds is 11. The second-order valence-corrected chi connectivity index (χ2v) is 10.1. The van der Waals surface area contributed by atoms with Gasteiger partial charge >= 0.3 is 35.5 Å². The number of nitrogen functional groups attached to an aromatic ring is 1. The van der Waals surface area contributed by atoms with Crippen molar-refractivity contribution in [1.29, 1.82) is 0 Å². The number of carbonyl (C=O) groups excluding carboxylic acids is 4. The number of ether oxygens (including phenoxy) is 1. The molecule has 4 rings (SSSR count). The molecule has 0 saturated carbocycles. The van der Waals surface area contributed by atoms with Crippen LogP contribution in [0.3, 0.4) is 0 Å². The molecule has 3 heterocycles. The van der Waals surface area contributed by atoms with E-state index >= 15 is 0 Å². The molecule has 208 valence electrons. The number of oxime groups is 1. The van der Waals surface area contributed by atoms with Gasteiger partial charge in [0.15, 0.2) is 10.8 Å². The van der Waals surface area contributed by atoms with E-state index in [1.54, 1.807) is 0 Å². The molecule has 1 fully saturated rings. The summed E-state index contributed by atoms with van der Waals surface area (Å²) in [5.74, 6) is -3.69. The van der Waals surface area contributed by atoms with E-state index in [1.165, 1.54) is 47.5 Å². The van der Waals surface area contributed by atoms with Gasteiger partial charge in [0.05, 0.1) is 16.6 Å². The Labute approximate surface area is 261 Å². The topological polar surface area (TPSA) is 219 Å². The number of fused-ring (bicyclic) bond motifs is 1. The Morgan fingerprint density at radius 2 is 2.02 bits per heavy atom. The molecule has 2 aliphatic heterocycles. The van der Waals surface area contributed by atoms with Crippen molar-refractivity contribution in [2.75, 3.05) is 18.1 Å². The number of hydrogen-bond donors (Lipinski definition) is 2. The van der Waals surface area contributed by atoms with E-state index in [4.69, 9.17) is 15.3 Å². The minimum Gasteiger partial charge on any atom is -0.543 e. The van der Waals surface area contributed by atoms with Gasteiger partial charge in [-0.1, -0.05) is 17.8 Å². The Hall–Kier alpha value is -3.77. The molecule has 1 aromatic carbocycles. The number of amides is 2. The number of nitrogens with two attached hydrogens (primary N) is 1. The van der Waals surface area contributed by atoms with Crippen molar-refractivity contribution in [3.8, 4) is 0 Å². The molecule has 1 saturated heterocycles. The number of benzene rings is 1. The number of carboxylic acid groups (broad SMARTS) is 1. The van der Waals surface area contributed by atoms with Crippen LogP contribution in [0.25, 0.3) is 0 Å². The number of allylic oxidation sites excluding steroid dienone is 1. The summed E-state index contributed by atoms with van der Waals surface area (Å²) in [6.45, 7) is 2.68. The molecular formula is C23H19N6NaO9S2. The van der Waals surface area contributed by atoms with Gasteiger partial charge in [0, 0.05) is 23.3 Å². The largest absolute Gasteiger partial charge is 1.00 e. The number of aliphatic carboxylic acids is 1. The van der Waals surface area contributed by atoms with E-state index in [-0.39, 0.29) is 69.8 Å². The molecule has 41 heavy (non-hydrogen) atoms. The fourth-order valence-electron chi connectivity index (χ4n) is 3.67. The van der Waals surface area contributed by atoms with Crippen LogP contribution in [-0.2, 0) is 35.4 Å². The normalized spacial score (nSPS) is 17.9. The summed E-state index contributed by atoms with van der Waals surface area (Å²) in [5.41, 5.74) is 5.71. The molecule has 1 unspecified atom stereocenters. The quantitative estimate of drug-likeness (QED) is 0.0638. The zero-order chi connectivity index (χ0) is 29.0. The number of carbonyl (C=O) groups is 4. The van der Waals surface area contributed by atoms with Crippen LogP contribution in [-0.4, -0.2) is 68.0 Å². The molecule has 0 bridgehead atoms. The van der Waals surface area contributed by atoms with Crippen LogP contribution in [0, 0.1) is 10.1 Å². The molecule has 3 N–H and O–H groups in total. The van der Waals surface area contributed by atoms with Gasteiger partial charge in [-0.05, 0) is 23.3 Å². The summed E-state index contributed by atoms with van der Waals surface area (Å²) in [6.07, 6.45) is 1.33. The third-order valence-electron chi connectivity index (χ3n) is 5.59. The van der Waals surface area contributed by atoms with Crippen LogP contribution in [0.1, 0.15) is 11.3 Å². The number of β-lactam (4-membered cyclic amide) rings is 1. The van der Waals surface area contributed by atoms with E-state index in [0.717, 1.165) is 16.2 Å². The molecule has 2 aliphatic rings. The zero-order valence-corrected chi connectivity index (χ0v) is 24.9. The van der Waals surface area contributed by atoms with Gasteiger partial charge in [-0.3, -0.25) is 24.6 Å². The predicted molar refractivity (Wildman–Crippen MR) is 139 cm³/mol. The maximum Gasteiger partial charge on any atom is 1.00 e. The molecule has 1 aromatic heterocycles. The van der Waals surface area contributed by atoms with Gasteiger partial charge in [-0.25, -0.2) is 9.78 Å². The number of hydrogen-bond acceptors (Lipinski definition) is 14. The first-order chi connectivity index (χ1) is 19.1. The molecule has 2 atom stereocenters. The third-order valence-corrected chi connectivity index (χ3v) is 7.57. The van der Waals surface area contributed by atoms with Crippen LogP contribution >= 0.6 is 23.1 Å². The average molecular weight is 611 g/mol. The third kappa shape index (κ3) is 7.12. The zero-order valence-electron chi connectivity index (χ0n) is 21.3.